The monoisotopic (exact) mass is 576 g/mol. The highest BCUT2D eigenvalue weighted by molar-refractivity contribution is 7.89. The van der Waals surface area contributed by atoms with Crippen LogP contribution in [0.3, 0.4) is 0 Å². The highest BCUT2D eigenvalue weighted by Crippen LogP contribution is 2.34. The molecule has 8 nitrogen and oxygen atoms in total. The van der Waals surface area contributed by atoms with E-state index < -0.39 is 16.1 Å². The second kappa shape index (κ2) is 11.6. The zero-order chi connectivity index (χ0) is 26.9. The van der Waals surface area contributed by atoms with E-state index in [1.807, 2.05) is 13.0 Å². The average Bonchev–Trinajstić information content (AvgIpc) is 3.58. The van der Waals surface area contributed by atoms with E-state index in [-0.39, 0.29) is 10.8 Å². The maximum atomic E-state index is 14.1. The zero-order valence-electron chi connectivity index (χ0n) is 21.7. The molecule has 2 aromatic carbocycles. The smallest absolute Gasteiger partial charge is 0.247 e. The van der Waals surface area contributed by atoms with Gasteiger partial charge in [0.25, 0.3) is 0 Å². The summed E-state index contributed by atoms with van der Waals surface area (Å²) in [7, 11) is -3.85. The summed E-state index contributed by atoms with van der Waals surface area (Å²) in [6.45, 7) is 8.92. The third kappa shape index (κ3) is 5.61. The number of benzene rings is 2. The third-order valence-corrected chi connectivity index (χ3v) is 10.7. The Morgan fingerprint density at radius 1 is 1.13 bits per heavy atom. The number of fused-ring (bicyclic) bond motifs is 1. The molecule has 1 unspecified atom stereocenters. The van der Waals surface area contributed by atoms with Crippen LogP contribution in [0, 0.1) is 13.8 Å². The summed E-state index contributed by atoms with van der Waals surface area (Å²) in [4.78, 5) is 23.2. The first kappa shape index (κ1) is 27.5. The van der Waals surface area contributed by atoms with E-state index in [4.69, 9.17) is 21.3 Å². The molecule has 3 heterocycles. The Hall–Kier alpha value is -2.08. The number of amides is 1. The topological polar surface area (TPSA) is 83.0 Å². The minimum absolute atomic E-state index is 0.145. The quantitative estimate of drug-likeness (QED) is 0.393. The number of thiazole rings is 1. The van der Waals surface area contributed by atoms with Crippen molar-refractivity contribution >= 4 is 54.2 Å². The van der Waals surface area contributed by atoms with Gasteiger partial charge < -0.3 is 4.74 Å². The number of carbonyl (C=O) groups excluding carboxylic acids is 1. The van der Waals surface area contributed by atoms with Crippen LogP contribution in [0.5, 0.6) is 0 Å². The second-order valence-corrected chi connectivity index (χ2v) is 13.2. The number of sulfonamides is 1. The lowest BCUT2D eigenvalue weighted by molar-refractivity contribution is -0.121. The highest BCUT2D eigenvalue weighted by Gasteiger charge is 2.42. The number of nitrogens with zero attached hydrogens (tertiary/aromatic N) is 4. The van der Waals surface area contributed by atoms with Crippen molar-refractivity contribution < 1.29 is 17.9 Å². The Balaban J connectivity index is 1.43. The molecule has 2 aliphatic rings. The fourth-order valence-electron chi connectivity index (χ4n) is 5.10. The summed E-state index contributed by atoms with van der Waals surface area (Å²) in [5.74, 6) is -0.213. The second-order valence-electron chi connectivity index (χ2n) is 9.88. The molecule has 2 saturated heterocycles. The molecule has 1 atom stereocenters. The molecule has 38 heavy (non-hydrogen) atoms. The normalized spacial score (nSPS) is 19.3. The average molecular weight is 577 g/mol. The standard InChI is InChI=1S/C27H33ClN4O4S2/c1-19-6-11-24-25(20(19)2)29-27(37-24)31(13-4-12-30-15-17-36-18-16-30)26(33)23-5-3-14-32(23)38(34,35)22-9-7-21(28)8-10-22/h6-11,23H,3-5,12-18H2,1-2H3. The van der Waals surface area contributed by atoms with Crippen LogP contribution in [0.2, 0.25) is 5.02 Å². The Morgan fingerprint density at radius 2 is 1.87 bits per heavy atom. The van der Waals surface area contributed by atoms with Crippen molar-refractivity contribution in [1.82, 2.24) is 14.2 Å². The van der Waals surface area contributed by atoms with E-state index >= 15 is 0 Å². The van der Waals surface area contributed by atoms with Crippen molar-refractivity contribution in [2.45, 2.75) is 44.0 Å². The van der Waals surface area contributed by atoms with Gasteiger partial charge in [0.15, 0.2) is 5.13 Å². The molecule has 5 rings (SSSR count). The number of ether oxygens (including phenoxy) is 1. The van der Waals surface area contributed by atoms with Gasteiger partial charge >= 0.3 is 0 Å². The summed E-state index contributed by atoms with van der Waals surface area (Å²) in [5, 5.41) is 1.09. The number of hydrogen-bond acceptors (Lipinski definition) is 7. The molecule has 2 aliphatic heterocycles. The van der Waals surface area contributed by atoms with Gasteiger partial charge in [0.1, 0.15) is 6.04 Å². The van der Waals surface area contributed by atoms with E-state index in [1.165, 1.54) is 27.8 Å². The van der Waals surface area contributed by atoms with E-state index in [0.717, 1.165) is 60.6 Å². The fourth-order valence-corrected chi connectivity index (χ4v) is 7.94. The van der Waals surface area contributed by atoms with Gasteiger partial charge in [0, 0.05) is 37.7 Å². The van der Waals surface area contributed by atoms with E-state index in [0.29, 0.717) is 36.1 Å². The number of aryl methyl sites for hydroxylation is 2. The predicted octanol–water partition coefficient (Wildman–Crippen LogP) is 4.48. The van der Waals surface area contributed by atoms with Gasteiger partial charge in [-0.15, -0.1) is 0 Å². The lowest BCUT2D eigenvalue weighted by Crippen LogP contribution is -2.48. The van der Waals surface area contributed by atoms with Crippen LogP contribution in [0.25, 0.3) is 10.2 Å². The molecule has 0 bridgehead atoms. The largest absolute Gasteiger partial charge is 0.379 e. The molecule has 0 radical (unpaired) electrons. The van der Waals surface area contributed by atoms with Gasteiger partial charge in [-0.1, -0.05) is 29.0 Å². The number of aromatic nitrogens is 1. The Labute approximate surface area is 233 Å². The molecule has 1 amide bonds. The van der Waals surface area contributed by atoms with Crippen molar-refractivity contribution in [3.05, 3.63) is 52.5 Å². The summed E-state index contributed by atoms with van der Waals surface area (Å²) >= 11 is 7.47. The van der Waals surface area contributed by atoms with Crippen molar-refractivity contribution in [3.8, 4) is 0 Å². The van der Waals surface area contributed by atoms with E-state index in [9.17, 15) is 13.2 Å². The number of carbonyl (C=O) groups is 1. The highest BCUT2D eigenvalue weighted by atomic mass is 35.5. The SMILES string of the molecule is Cc1ccc2sc(N(CCCN3CCOCC3)C(=O)C3CCCN3S(=O)(=O)c3ccc(Cl)cc3)nc2c1C. The van der Waals surface area contributed by atoms with Crippen LogP contribution >= 0.6 is 22.9 Å². The van der Waals surface area contributed by atoms with Gasteiger partial charge in [-0.3, -0.25) is 14.6 Å². The van der Waals surface area contributed by atoms with Crippen LogP contribution in [-0.4, -0.2) is 80.5 Å². The first-order valence-corrected chi connectivity index (χ1v) is 15.6. The molecular formula is C27H33ClN4O4S2. The number of morpholine rings is 1. The predicted molar refractivity (Wildman–Crippen MR) is 152 cm³/mol. The van der Waals surface area contributed by atoms with Crippen molar-refractivity contribution in [3.63, 3.8) is 0 Å². The Morgan fingerprint density at radius 3 is 2.61 bits per heavy atom. The molecule has 2 fully saturated rings. The van der Waals surface area contributed by atoms with Gasteiger partial charge in [0.05, 0.1) is 28.3 Å². The Bertz CT molecular complexity index is 1400. The lowest BCUT2D eigenvalue weighted by Gasteiger charge is -2.30. The molecule has 3 aromatic rings. The van der Waals surface area contributed by atoms with Crippen LogP contribution in [0.15, 0.2) is 41.3 Å². The summed E-state index contributed by atoms with van der Waals surface area (Å²) in [6, 6.07) is 9.46. The van der Waals surface area contributed by atoms with Gasteiger partial charge in [-0.2, -0.15) is 4.31 Å². The maximum Gasteiger partial charge on any atom is 0.247 e. The van der Waals surface area contributed by atoms with Crippen LogP contribution in [-0.2, 0) is 19.6 Å². The Kier molecular flexibility index (Phi) is 8.37. The summed E-state index contributed by atoms with van der Waals surface area (Å²) in [6.07, 6.45) is 1.87. The number of rotatable bonds is 8. The fraction of sp³-hybridized carbons (Fsp3) is 0.481. The number of halogens is 1. The molecule has 11 heteroatoms. The van der Waals surface area contributed by atoms with Crippen LogP contribution in [0.1, 0.15) is 30.4 Å². The first-order chi connectivity index (χ1) is 18.3. The summed E-state index contributed by atoms with van der Waals surface area (Å²) < 4.78 is 34.9. The molecule has 1 aromatic heterocycles. The summed E-state index contributed by atoms with van der Waals surface area (Å²) in [5.41, 5.74) is 3.14. The van der Waals surface area contributed by atoms with E-state index in [1.54, 1.807) is 17.0 Å². The maximum absolute atomic E-state index is 14.1. The molecule has 0 saturated carbocycles. The zero-order valence-corrected chi connectivity index (χ0v) is 24.1. The number of hydrogen-bond donors (Lipinski definition) is 0. The molecule has 204 valence electrons. The molecular weight excluding hydrogens is 544 g/mol. The first-order valence-electron chi connectivity index (χ1n) is 13.0. The van der Waals surface area contributed by atoms with Crippen LogP contribution < -0.4 is 4.90 Å². The van der Waals surface area contributed by atoms with Crippen molar-refractivity contribution in [1.29, 1.82) is 0 Å². The van der Waals surface area contributed by atoms with Crippen molar-refractivity contribution in [2.24, 2.45) is 0 Å². The minimum Gasteiger partial charge on any atom is -0.379 e. The minimum atomic E-state index is -3.85. The van der Waals surface area contributed by atoms with Crippen LogP contribution in [0.4, 0.5) is 5.13 Å². The van der Waals surface area contributed by atoms with Crippen molar-refractivity contribution in [2.75, 3.05) is 50.8 Å². The van der Waals surface area contributed by atoms with Gasteiger partial charge in [0.2, 0.25) is 15.9 Å². The van der Waals surface area contributed by atoms with Gasteiger partial charge in [-0.05, 0) is 74.6 Å². The number of anilines is 1. The third-order valence-electron chi connectivity index (χ3n) is 7.44. The molecule has 0 spiro atoms. The van der Waals surface area contributed by atoms with E-state index in [2.05, 4.69) is 17.9 Å². The lowest BCUT2D eigenvalue weighted by atomic mass is 10.1. The molecule has 0 aliphatic carbocycles. The molecule has 0 N–H and O–H groups in total. The van der Waals surface area contributed by atoms with Gasteiger partial charge in [-0.25, -0.2) is 13.4 Å².